The number of fused-ring (bicyclic) bond motifs is 2. The number of benzene rings is 1. The first-order valence-electron chi connectivity index (χ1n) is 11.8. The zero-order valence-corrected chi connectivity index (χ0v) is 20.6. The summed E-state index contributed by atoms with van der Waals surface area (Å²) in [6.07, 6.45) is 5.76. The highest BCUT2D eigenvalue weighted by Crippen LogP contribution is 2.45. The number of carbonyl (C=O) groups is 3. The molecule has 8 heteroatoms. The number of carboxylic acids is 1. The van der Waals surface area contributed by atoms with Crippen molar-refractivity contribution in [2.75, 3.05) is 6.54 Å². The Bertz CT molecular complexity index is 887. The predicted octanol–water partition coefficient (Wildman–Crippen LogP) is 3.70. The van der Waals surface area contributed by atoms with Crippen LogP contribution in [0.2, 0.25) is 0 Å². The monoisotopic (exact) mass is 520 g/mol. The first-order chi connectivity index (χ1) is 15.9. The van der Waals surface area contributed by atoms with Crippen LogP contribution in [0.5, 0.6) is 0 Å². The molecule has 1 aromatic carbocycles. The van der Waals surface area contributed by atoms with Gasteiger partial charge in [0.2, 0.25) is 5.91 Å². The molecule has 2 bridgehead atoms. The van der Waals surface area contributed by atoms with Crippen molar-refractivity contribution in [2.45, 2.75) is 70.5 Å². The van der Waals surface area contributed by atoms with Gasteiger partial charge in [-0.1, -0.05) is 60.0 Å². The fourth-order valence-corrected chi connectivity index (χ4v) is 5.24. The molecular weight excluding hydrogens is 488 g/mol. The Morgan fingerprint density at radius 1 is 1.15 bits per heavy atom. The van der Waals surface area contributed by atoms with Crippen molar-refractivity contribution < 1.29 is 24.2 Å². The van der Waals surface area contributed by atoms with E-state index in [-0.39, 0.29) is 48.0 Å². The number of unbranched alkanes of at least 4 members (excludes halogenated alkanes) is 2. The Labute approximate surface area is 203 Å². The van der Waals surface area contributed by atoms with Crippen LogP contribution in [0.1, 0.15) is 56.6 Å². The zero-order chi connectivity index (χ0) is 23.8. The van der Waals surface area contributed by atoms with Gasteiger partial charge in [0.25, 0.3) is 5.91 Å². The van der Waals surface area contributed by atoms with Crippen LogP contribution in [0.25, 0.3) is 0 Å². The van der Waals surface area contributed by atoms with Crippen molar-refractivity contribution in [3.05, 3.63) is 46.1 Å². The van der Waals surface area contributed by atoms with Gasteiger partial charge in [0, 0.05) is 23.9 Å². The molecule has 33 heavy (non-hydrogen) atoms. The Morgan fingerprint density at radius 2 is 1.88 bits per heavy atom. The molecule has 2 heterocycles. The van der Waals surface area contributed by atoms with Gasteiger partial charge in [-0.3, -0.25) is 14.4 Å². The second kappa shape index (κ2) is 12.3. The molecule has 4 atom stereocenters. The molecule has 0 spiro atoms. The van der Waals surface area contributed by atoms with Crippen molar-refractivity contribution in [2.24, 2.45) is 11.8 Å². The van der Waals surface area contributed by atoms with Gasteiger partial charge in [-0.25, -0.2) is 0 Å². The van der Waals surface area contributed by atoms with Crippen LogP contribution >= 0.6 is 15.9 Å². The van der Waals surface area contributed by atoms with Gasteiger partial charge in [0.15, 0.2) is 0 Å². The molecule has 0 saturated carbocycles. The number of carbonyl (C=O) groups excluding carboxylic acids is 2. The molecule has 2 aliphatic rings. The first kappa shape index (κ1) is 25.4. The largest absolute Gasteiger partial charge is 0.481 e. The minimum Gasteiger partial charge on any atom is -0.481 e. The maximum Gasteiger partial charge on any atom is 0.303 e. The maximum absolute atomic E-state index is 13.3. The van der Waals surface area contributed by atoms with Crippen molar-refractivity contribution >= 4 is 33.7 Å². The second-order valence-corrected chi connectivity index (χ2v) is 9.28. The summed E-state index contributed by atoms with van der Waals surface area (Å²) in [4.78, 5) is 38.3. The molecule has 2 saturated heterocycles. The average molecular weight is 521 g/mol. The number of hydrogen-bond acceptors (Lipinski definition) is 4. The summed E-state index contributed by atoms with van der Waals surface area (Å²) in [5.41, 5.74) is 2.25. The third kappa shape index (κ3) is 6.67. The van der Waals surface area contributed by atoms with Crippen LogP contribution in [-0.2, 0) is 32.0 Å². The lowest BCUT2D eigenvalue weighted by atomic mass is 9.75. The average Bonchev–Trinajstić information content (AvgIpc) is 3.41. The Balaban J connectivity index is 1.67. The third-order valence-electron chi connectivity index (χ3n) is 6.59. The fraction of sp³-hybridized carbons (Fsp3) is 0.560. The lowest BCUT2D eigenvalue weighted by Crippen LogP contribution is -2.44. The molecule has 0 radical (unpaired) electrons. The molecule has 3 rings (SSSR count). The number of aryl methyl sites for hydroxylation is 1. The number of carboxylic acid groups (broad SMARTS) is 1. The number of amides is 2. The minimum atomic E-state index is -0.827. The van der Waals surface area contributed by atoms with E-state index in [9.17, 15) is 14.4 Å². The number of ether oxygens (including phenoxy) is 1. The molecule has 0 unspecified atom stereocenters. The van der Waals surface area contributed by atoms with Gasteiger partial charge in [0.1, 0.15) is 5.70 Å². The number of hydrogen-bond donors (Lipinski definition) is 3. The molecule has 0 aromatic heterocycles. The highest BCUT2D eigenvalue weighted by molar-refractivity contribution is 9.11. The van der Waals surface area contributed by atoms with Crippen molar-refractivity contribution in [3.8, 4) is 0 Å². The smallest absolute Gasteiger partial charge is 0.303 e. The summed E-state index contributed by atoms with van der Waals surface area (Å²) in [6, 6.07) is 7.81. The maximum atomic E-state index is 13.3. The second-order valence-electron chi connectivity index (χ2n) is 8.82. The van der Waals surface area contributed by atoms with E-state index < -0.39 is 5.97 Å². The summed E-state index contributed by atoms with van der Waals surface area (Å²) >= 11 is 3.21. The molecule has 2 aliphatic heterocycles. The van der Waals surface area contributed by atoms with Crippen LogP contribution in [-0.4, -0.2) is 41.6 Å². The lowest BCUT2D eigenvalue weighted by Gasteiger charge is -2.28. The van der Waals surface area contributed by atoms with E-state index in [4.69, 9.17) is 9.84 Å². The van der Waals surface area contributed by atoms with Gasteiger partial charge in [0.05, 0.1) is 18.1 Å². The number of aliphatic carboxylic acids is 1. The Hall–Kier alpha value is -2.19. The van der Waals surface area contributed by atoms with Gasteiger partial charge in [-0.2, -0.15) is 0 Å². The van der Waals surface area contributed by atoms with Gasteiger partial charge in [-0.05, 0) is 43.2 Å². The van der Waals surface area contributed by atoms with E-state index in [1.807, 2.05) is 24.3 Å². The van der Waals surface area contributed by atoms with Gasteiger partial charge in [-0.15, -0.1) is 0 Å². The van der Waals surface area contributed by atoms with Gasteiger partial charge < -0.3 is 20.5 Å². The summed E-state index contributed by atoms with van der Waals surface area (Å²) in [7, 11) is 0. The first-order valence-corrected chi connectivity index (χ1v) is 12.7. The number of halogens is 1. The van der Waals surface area contributed by atoms with E-state index in [0.29, 0.717) is 19.4 Å². The lowest BCUT2D eigenvalue weighted by molar-refractivity contribution is -0.137. The van der Waals surface area contributed by atoms with Crippen LogP contribution in [0.15, 0.2) is 34.9 Å². The summed E-state index contributed by atoms with van der Waals surface area (Å²) in [5, 5.41) is 14.7. The van der Waals surface area contributed by atoms with Crippen LogP contribution in [0.3, 0.4) is 0 Å². The molecular formula is C25H33BrN2O5. The standard InChI is InChI=1S/C25H33BrN2O5/c1-2-3-6-13-27-24(31)19(15-26)28-25(32)23-18(20-10-11-21(23)33-20)14-17-8-5-4-7-16(17)9-12-22(29)30/h4-5,7-8,15,18,20-21,23H,2-3,6,9-14H2,1H3,(H,27,31)(H,28,32)(H,29,30)/b19-15+/t18-,20-,21+,23-/m0/s1. The predicted molar refractivity (Wildman–Crippen MR) is 129 cm³/mol. The minimum absolute atomic E-state index is 0.00227. The number of nitrogens with one attached hydrogen (secondary N) is 2. The van der Waals surface area contributed by atoms with Crippen molar-refractivity contribution in [3.63, 3.8) is 0 Å². The van der Waals surface area contributed by atoms with Crippen LogP contribution < -0.4 is 10.6 Å². The molecule has 2 amide bonds. The molecule has 7 nitrogen and oxygen atoms in total. The van der Waals surface area contributed by atoms with Crippen molar-refractivity contribution in [1.29, 1.82) is 0 Å². The molecule has 2 fully saturated rings. The molecule has 0 aliphatic carbocycles. The molecule has 180 valence electrons. The van der Waals surface area contributed by atoms with Crippen molar-refractivity contribution in [1.82, 2.24) is 10.6 Å². The fourth-order valence-electron chi connectivity index (χ4n) is 4.91. The van der Waals surface area contributed by atoms with E-state index in [1.165, 1.54) is 4.99 Å². The highest BCUT2D eigenvalue weighted by Gasteiger charge is 2.52. The quantitative estimate of drug-likeness (QED) is 0.288. The zero-order valence-electron chi connectivity index (χ0n) is 19.0. The number of rotatable bonds is 12. The summed E-state index contributed by atoms with van der Waals surface area (Å²) in [6.45, 7) is 2.67. The third-order valence-corrected chi connectivity index (χ3v) is 7.04. The Kier molecular flexibility index (Phi) is 9.50. The van der Waals surface area contributed by atoms with E-state index >= 15 is 0 Å². The summed E-state index contributed by atoms with van der Waals surface area (Å²) < 4.78 is 6.11. The molecule has 3 N–H and O–H groups in total. The van der Waals surface area contributed by atoms with E-state index in [0.717, 1.165) is 43.2 Å². The van der Waals surface area contributed by atoms with Crippen LogP contribution in [0, 0.1) is 11.8 Å². The van der Waals surface area contributed by atoms with E-state index in [1.54, 1.807) is 0 Å². The van der Waals surface area contributed by atoms with Gasteiger partial charge >= 0.3 is 5.97 Å². The molecule has 1 aromatic rings. The highest BCUT2D eigenvalue weighted by atomic mass is 79.9. The topological polar surface area (TPSA) is 105 Å². The van der Waals surface area contributed by atoms with E-state index in [2.05, 4.69) is 33.5 Å². The normalized spacial score (nSPS) is 24.0. The summed E-state index contributed by atoms with van der Waals surface area (Å²) in [5.74, 6) is -1.71. The van der Waals surface area contributed by atoms with Crippen LogP contribution in [0.4, 0.5) is 0 Å². The SMILES string of the molecule is CCCCCNC(=O)/C(=C\Br)NC(=O)[C@H]1[C@@H](Cc2ccccc2CCC(=O)O)[C@@H]2CC[C@H]1O2. The Morgan fingerprint density at radius 3 is 2.58 bits per heavy atom.